The largest absolute Gasteiger partial charge is 0.494 e. The fraction of sp³-hybridized carbons (Fsp3) is 0.208. The van der Waals surface area contributed by atoms with Gasteiger partial charge in [-0.05, 0) is 55.5 Å². The van der Waals surface area contributed by atoms with E-state index in [1.54, 1.807) is 24.3 Å². The lowest BCUT2D eigenvalue weighted by Crippen LogP contribution is -2.37. The van der Waals surface area contributed by atoms with Gasteiger partial charge in [0.15, 0.2) is 11.5 Å². The number of anilines is 1. The fourth-order valence-electron chi connectivity index (χ4n) is 3.39. The van der Waals surface area contributed by atoms with E-state index in [9.17, 15) is 18.8 Å². The van der Waals surface area contributed by atoms with Gasteiger partial charge in [0.2, 0.25) is 5.91 Å². The lowest BCUT2D eigenvalue weighted by Gasteiger charge is -2.12. The van der Waals surface area contributed by atoms with Gasteiger partial charge in [-0.1, -0.05) is 11.8 Å². The van der Waals surface area contributed by atoms with Gasteiger partial charge in [0.25, 0.3) is 5.56 Å². The SMILES string of the molecule is CCOc1ccc(NC(=O)CSc2nc(-c3ccc(F)cc3)nc3c2c(=O)n(C)c(=O)n3C)cc1. The first-order chi connectivity index (χ1) is 16.8. The molecule has 2 aromatic carbocycles. The van der Waals surface area contributed by atoms with E-state index in [4.69, 9.17) is 4.74 Å². The number of carbonyl (C=O) groups excluding carboxylic acids is 1. The Hall–Kier alpha value is -3.99. The highest BCUT2D eigenvalue weighted by atomic mass is 32.2. The molecule has 0 aliphatic carbocycles. The molecule has 0 unspecified atom stereocenters. The number of benzene rings is 2. The number of aromatic nitrogens is 4. The summed E-state index contributed by atoms with van der Waals surface area (Å²) in [6, 6.07) is 12.5. The number of nitrogens with zero attached hydrogens (tertiary/aromatic N) is 4. The van der Waals surface area contributed by atoms with Crippen molar-refractivity contribution in [3.8, 4) is 17.1 Å². The van der Waals surface area contributed by atoms with Crippen LogP contribution in [0, 0.1) is 5.82 Å². The summed E-state index contributed by atoms with van der Waals surface area (Å²) >= 11 is 1.05. The van der Waals surface area contributed by atoms with Crippen LogP contribution in [0.3, 0.4) is 0 Å². The van der Waals surface area contributed by atoms with Gasteiger partial charge in [-0.2, -0.15) is 0 Å². The van der Waals surface area contributed by atoms with Crippen LogP contribution in [-0.2, 0) is 18.9 Å². The Morgan fingerprint density at radius 3 is 2.37 bits per heavy atom. The van der Waals surface area contributed by atoms with Crippen LogP contribution < -0.4 is 21.3 Å². The van der Waals surface area contributed by atoms with Crippen molar-refractivity contribution in [3.05, 3.63) is 75.2 Å². The average Bonchev–Trinajstić information content (AvgIpc) is 2.86. The zero-order valence-electron chi connectivity index (χ0n) is 19.2. The molecule has 4 rings (SSSR count). The van der Waals surface area contributed by atoms with Crippen molar-refractivity contribution >= 4 is 34.4 Å². The normalized spacial score (nSPS) is 11.0. The Bertz CT molecular complexity index is 1520. The van der Waals surface area contributed by atoms with Crippen LogP contribution in [-0.4, -0.2) is 37.4 Å². The smallest absolute Gasteiger partial charge is 0.332 e. The molecule has 11 heteroatoms. The number of nitrogens with one attached hydrogen (secondary N) is 1. The maximum atomic E-state index is 13.4. The van der Waals surface area contributed by atoms with Gasteiger partial charge in [-0.15, -0.1) is 0 Å². The second kappa shape index (κ2) is 10.1. The Balaban J connectivity index is 1.68. The highest BCUT2D eigenvalue weighted by molar-refractivity contribution is 8.00. The minimum absolute atomic E-state index is 0.0474. The molecule has 0 spiro atoms. The van der Waals surface area contributed by atoms with Gasteiger partial charge in [0, 0.05) is 25.3 Å². The molecule has 0 bridgehead atoms. The fourth-order valence-corrected chi connectivity index (χ4v) is 4.21. The van der Waals surface area contributed by atoms with Crippen LogP contribution in [0.5, 0.6) is 5.75 Å². The van der Waals surface area contributed by atoms with Crippen LogP contribution in [0.1, 0.15) is 6.92 Å². The van der Waals surface area contributed by atoms with E-state index in [1.165, 1.54) is 42.9 Å². The third kappa shape index (κ3) is 5.09. The first-order valence-electron chi connectivity index (χ1n) is 10.7. The number of rotatable bonds is 7. The second-order valence-corrected chi connectivity index (χ2v) is 8.52. The Morgan fingerprint density at radius 1 is 1.03 bits per heavy atom. The molecular weight excluding hydrogens is 473 g/mol. The van der Waals surface area contributed by atoms with Crippen molar-refractivity contribution in [3.63, 3.8) is 0 Å². The number of hydrogen-bond acceptors (Lipinski definition) is 7. The molecule has 2 heterocycles. The predicted octanol–water partition coefficient (Wildman–Crippen LogP) is 2.96. The Kier molecular flexibility index (Phi) is 6.97. The molecule has 0 fully saturated rings. The summed E-state index contributed by atoms with van der Waals surface area (Å²) in [7, 11) is 2.86. The zero-order valence-corrected chi connectivity index (χ0v) is 20.1. The lowest BCUT2D eigenvalue weighted by molar-refractivity contribution is -0.113. The van der Waals surface area contributed by atoms with Gasteiger partial charge in [0.1, 0.15) is 22.0 Å². The van der Waals surface area contributed by atoms with Crippen LogP contribution in [0.25, 0.3) is 22.4 Å². The number of hydrogen-bond donors (Lipinski definition) is 1. The van der Waals surface area contributed by atoms with Crippen LogP contribution in [0.4, 0.5) is 10.1 Å². The summed E-state index contributed by atoms with van der Waals surface area (Å²) in [4.78, 5) is 46.9. The van der Waals surface area contributed by atoms with E-state index >= 15 is 0 Å². The lowest BCUT2D eigenvalue weighted by atomic mass is 10.2. The van der Waals surface area contributed by atoms with E-state index in [1.807, 2.05) is 6.92 Å². The number of halogens is 1. The van der Waals surface area contributed by atoms with E-state index in [2.05, 4.69) is 15.3 Å². The number of ether oxygens (including phenoxy) is 1. The minimum Gasteiger partial charge on any atom is -0.494 e. The van der Waals surface area contributed by atoms with Gasteiger partial charge < -0.3 is 10.1 Å². The molecule has 0 radical (unpaired) electrons. The van der Waals surface area contributed by atoms with Gasteiger partial charge in [0.05, 0.1) is 12.4 Å². The number of aryl methyl sites for hydroxylation is 1. The molecule has 35 heavy (non-hydrogen) atoms. The third-order valence-corrected chi connectivity index (χ3v) is 6.13. The zero-order chi connectivity index (χ0) is 25.1. The Morgan fingerprint density at radius 2 is 1.71 bits per heavy atom. The van der Waals surface area contributed by atoms with Crippen LogP contribution >= 0.6 is 11.8 Å². The van der Waals surface area contributed by atoms with E-state index in [0.29, 0.717) is 23.6 Å². The van der Waals surface area contributed by atoms with Crippen molar-refractivity contribution in [2.24, 2.45) is 14.1 Å². The molecule has 0 atom stereocenters. The minimum atomic E-state index is -0.567. The number of fused-ring (bicyclic) bond motifs is 1. The van der Waals surface area contributed by atoms with Crippen molar-refractivity contribution in [2.45, 2.75) is 11.9 Å². The summed E-state index contributed by atoms with van der Waals surface area (Å²) < 4.78 is 21.0. The monoisotopic (exact) mass is 495 g/mol. The van der Waals surface area contributed by atoms with E-state index < -0.39 is 17.1 Å². The highest BCUT2D eigenvalue weighted by Gasteiger charge is 2.19. The molecule has 0 saturated carbocycles. The predicted molar refractivity (Wildman–Crippen MR) is 132 cm³/mol. The summed E-state index contributed by atoms with van der Waals surface area (Å²) in [6.45, 7) is 2.43. The van der Waals surface area contributed by atoms with Crippen LogP contribution in [0.15, 0.2) is 63.1 Å². The molecule has 0 saturated heterocycles. The second-order valence-electron chi connectivity index (χ2n) is 7.56. The maximum absolute atomic E-state index is 13.4. The average molecular weight is 496 g/mol. The molecular formula is C24H22FN5O4S. The molecule has 4 aromatic rings. The molecule has 1 N–H and O–H groups in total. The molecule has 0 aliphatic rings. The quantitative estimate of drug-likeness (QED) is 0.310. The number of amides is 1. The first kappa shape index (κ1) is 24.1. The third-order valence-electron chi connectivity index (χ3n) is 5.16. The Labute approximate surface area is 203 Å². The summed E-state index contributed by atoms with van der Waals surface area (Å²) in [5.74, 6) is 0.123. The van der Waals surface area contributed by atoms with Crippen molar-refractivity contribution in [1.82, 2.24) is 19.1 Å². The summed E-state index contributed by atoms with van der Waals surface area (Å²) in [6.07, 6.45) is 0. The molecule has 1 amide bonds. The topological polar surface area (TPSA) is 108 Å². The molecule has 180 valence electrons. The number of thioether (sulfide) groups is 1. The molecule has 0 aliphatic heterocycles. The maximum Gasteiger partial charge on any atom is 0.332 e. The number of carbonyl (C=O) groups is 1. The van der Waals surface area contributed by atoms with Gasteiger partial charge in [-0.3, -0.25) is 18.7 Å². The first-order valence-corrected chi connectivity index (χ1v) is 11.7. The van der Waals surface area contributed by atoms with Crippen molar-refractivity contribution in [2.75, 3.05) is 17.7 Å². The van der Waals surface area contributed by atoms with Crippen molar-refractivity contribution < 1.29 is 13.9 Å². The summed E-state index contributed by atoms with van der Waals surface area (Å²) in [5, 5.41) is 3.16. The highest BCUT2D eigenvalue weighted by Crippen LogP contribution is 2.26. The van der Waals surface area contributed by atoms with E-state index in [0.717, 1.165) is 16.3 Å². The van der Waals surface area contributed by atoms with Crippen LogP contribution in [0.2, 0.25) is 0 Å². The van der Waals surface area contributed by atoms with Gasteiger partial charge in [-0.25, -0.2) is 19.2 Å². The summed E-state index contributed by atoms with van der Waals surface area (Å²) in [5.41, 5.74) is 0.111. The van der Waals surface area contributed by atoms with Gasteiger partial charge >= 0.3 is 5.69 Å². The van der Waals surface area contributed by atoms with Crippen molar-refractivity contribution in [1.29, 1.82) is 0 Å². The molecule has 9 nitrogen and oxygen atoms in total. The van der Waals surface area contributed by atoms with E-state index in [-0.39, 0.29) is 33.5 Å². The molecule has 2 aromatic heterocycles. The standard InChI is InChI=1S/C24H22FN5O4S/c1-4-34-17-11-9-16(10-12-17)26-18(31)13-35-22-19-21(29(2)24(33)30(3)23(19)32)27-20(28-22)14-5-7-15(25)8-6-14/h5-12H,4,13H2,1-3H3,(H,26,31).